The summed E-state index contributed by atoms with van der Waals surface area (Å²) in [5, 5.41) is 0. The van der Waals surface area contributed by atoms with Gasteiger partial charge >= 0.3 is 234 Å². The zero-order chi connectivity index (χ0) is 26.8. The Bertz CT molecular complexity index is 1630. The van der Waals surface area contributed by atoms with Crippen LogP contribution in [0.1, 0.15) is 42.0 Å². The molecule has 0 aliphatic heterocycles. The summed E-state index contributed by atoms with van der Waals surface area (Å²) in [6.45, 7) is 9.23. The normalized spacial score (nSPS) is 20.0. The number of hydrogen-bond donors (Lipinski definition) is 0. The summed E-state index contributed by atoms with van der Waals surface area (Å²) < 4.78 is 1.17. The van der Waals surface area contributed by atoms with Gasteiger partial charge in [0, 0.05) is 0 Å². The molecule has 192 valence electrons. The van der Waals surface area contributed by atoms with Gasteiger partial charge in [0.1, 0.15) is 0 Å². The minimum absolute atomic E-state index is 0.00729. The van der Waals surface area contributed by atoms with Gasteiger partial charge in [-0.15, -0.1) is 0 Å². The molecule has 4 heteroatoms. The molecule has 0 fully saturated rings. The Hall–Kier alpha value is -1.96. The van der Waals surface area contributed by atoms with E-state index < -0.39 is 20.0 Å². The second-order valence-corrected chi connectivity index (χ2v) is 62.9. The van der Waals surface area contributed by atoms with Crippen molar-refractivity contribution in [3.05, 3.63) is 137 Å². The molecule has 0 saturated carbocycles. The molecular formula is C34H34Cl2SiZr. The van der Waals surface area contributed by atoms with Crippen LogP contribution in [0.25, 0.3) is 23.3 Å². The zero-order valence-corrected chi connectivity index (χ0v) is 27.6. The van der Waals surface area contributed by atoms with Gasteiger partial charge in [-0.3, -0.25) is 0 Å². The van der Waals surface area contributed by atoms with Gasteiger partial charge in [-0.2, -0.15) is 0 Å². The molecule has 0 bridgehead atoms. The molecule has 2 atom stereocenters. The molecule has 2 unspecified atom stereocenters. The van der Waals surface area contributed by atoms with Crippen molar-refractivity contribution < 1.29 is 14.1 Å². The van der Waals surface area contributed by atoms with E-state index in [-0.39, 0.29) is 7.25 Å². The number of allylic oxidation sites excluding steroid dienone is 2. The molecule has 6 rings (SSSR count). The Morgan fingerprint density at radius 3 is 2.08 bits per heavy atom. The second kappa shape index (κ2) is 8.77. The third-order valence-electron chi connectivity index (χ3n) is 9.77. The van der Waals surface area contributed by atoms with Crippen LogP contribution in [0.15, 0.2) is 109 Å². The summed E-state index contributed by atoms with van der Waals surface area (Å²) in [7, 11) is 17.7. The van der Waals surface area contributed by atoms with Gasteiger partial charge in [0.2, 0.25) is 0 Å². The van der Waals surface area contributed by atoms with Crippen molar-refractivity contribution in [2.45, 2.75) is 34.2 Å². The van der Waals surface area contributed by atoms with Crippen LogP contribution in [0.2, 0.25) is 13.1 Å². The quantitative estimate of drug-likeness (QED) is 0.192. The molecule has 4 aromatic carbocycles. The van der Waals surface area contributed by atoms with Crippen LogP contribution in [0.3, 0.4) is 0 Å². The van der Waals surface area contributed by atoms with Crippen LogP contribution >= 0.6 is 17.0 Å². The molecule has 0 nitrogen and oxygen atoms in total. The second-order valence-electron chi connectivity index (χ2n) is 11.8. The maximum absolute atomic E-state index is 8.83. The van der Waals surface area contributed by atoms with Crippen molar-refractivity contribution in [1.82, 2.24) is 0 Å². The van der Waals surface area contributed by atoms with Crippen molar-refractivity contribution in [1.29, 1.82) is 0 Å². The molecule has 0 amide bonds. The third-order valence-corrected chi connectivity index (χ3v) is 77.2. The van der Waals surface area contributed by atoms with Gasteiger partial charge in [0.05, 0.1) is 0 Å². The minimum atomic E-state index is -5.63. The van der Waals surface area contributed by atoms with Crippen molar-refractivity contribution in [2.24, 2.45) is 0 Å². The predicted molar refractivity (Wildman–Crippen MR) is 168 cm³/mol. The third kappa shape index (κ3) is 3.30. The fraction of sp³-hybridized carbons (Fsp3) is 0.176. The molecule has 0 radical (unpaired) electrons. The summed E-state index contributed by atoms with van der Waals surface area (Å²) in [5.41, 5.74) is 10.2. The molecular weight excluding hydrogens is 599 g/mol. The van der Waals surface area contributed by atoms with Crippen LogP contribution in [-0.2, 0) is 14.1 Å². The van der Waals surface area contributed by atoms with Crippen molar-refractivity contribution >= 4 is 38.4 Å². The van der Waals surface area contributed by atoms with Gasteiger partial charge < -0.3 is 0 Å². The maximum atomic E-state index is 8.83. The van der Waals surface area contributed by atoms with Crippen molar-refractivity contribution in [3.63, 3.8) is 0 Å². The molecule has 38 heavy (non-hydrogen) atoms. The summed E-state index contributed by atoms with van der Waals surface area (Å²) in [4.78, 5) is 0. The summed E-state index contributed by atoms with van der Waals surface area (Å²) in [5.74, 6) is -1.80. The SMILES string of the molecule is CC1=Cc2c(-c3ccc(C)cc3)cccc2[CH]1[Zr]([Cl])([Cl])([c]1ccccc1)([CH]1C=Cc2ccccc21)[SiH](C)C. The Labute approximate surface area is 232 Å². The average Bonchev–Trinajstić information content (AvgIpc) is 3.52. The summed E-state index contributed by atoms with van der Waals surface area (Å²) >= 11 is -5.63. The summed E-state index contributed by atoms with van der Waals surface area (Å²) in [6, 6.07) is 35.1. The fourth-order valence-electron chi connectivity index (χ4n) is 7.72. The molecule has 0 heterocycles. The Morgan fingerprint density at radius 2 is 1.37 bits per heavy atom. The van der Waals surface area contributed by atoms with Gasteiger partial charge in [0.25, 0.3) is 0 Å². The average molecular weight is 633 g/mol. The first kappa shape index (κ1) is 26.3. The van der Waals surface area contributed by atoms with Gasteiger partial charge in [-0.1, -0.05) is 0 Å². The molecule has 2 aliphatic carbocycles. The molecule has 2 aliphatic rings. The Balaban J connectivity index is 1.72. The van der Waals surface area contributed by atoms with Gasteiger partial charge in [0.15, 0.2) is 0 Å². The van der Waals surface area contributed by atoms with E-state index in [0.717, 1.165) is 0 Å². The van der Waals surface area contributed by atoms with E-state index in [1.807, 2.05) is 0 Å². The number of fused-ring (bicyclic) bond motifs is 2. The molecule has 4 aromatic rings. The Morgan fingerprint density at radius 1 is 0.711 bits per heavy atom. The van der Waals surface area contributed by atoms with Crippen molar-refractivity contribution in [2.75, 3.05) is 0 Å². The molecule has 0 N–H and O–H groups in total. The monoisotopic (exact) mass is 630 g/mol. The van der Waals surface area contributed by atoms with Crippen LogP contribution in [0.4, 0.5) is 0 Å². The van der Waals surface area contributed by atoms with E-state index >= 15 is 0 Å². The van der Waals surface area contributed by atoms with Gasteiger partial charge in [-0.05, 0) is 0 Å². The Kier molecular flexibility index (Phi) is 6.06. The first-order valence-corrected chi connectivity index (χ1v) is 31.1. The van der Waals surface area contributed by atoms with E-state index in [1.165, 1.54) is 47.8 Å². The topological polar surface area (TPSA) is 0 Å². The predicted octanol–water partition coefficient (Wildman–Crippen LogP) is 9.73. The van der Waals surface area contributed by atoms with Crippen molar-refractivity contribution in [3.8, 4) is 11.1 Å². The first-order valence-electron chi connectivity index (χ1n) is 13.6. The first-order chi connectivity index (χ1) is 18.1. The molecule has 0 aromatic heterocycles. The summed E-state index contributed by atoms with van der Waals surface area (Å²) in [6.07, 6.45) is 7.00. The number of benzene rings is 4. The van der Waals surface area contributed by atoms with Crippen LogP contribution in [0, 0.1) is 6.92 Å². The fourth-order valence-corrected chi connectivity index (χ4v) is 51.9. The van der Waals surface area contributed by atoms with E-state index in [1.54, 1.807) is 0 Å². The number of halogens is 2. The number of hydrogen-bond acceptors (Lipinski definition) is 0. The zero-order valence-electron chi connectivity index (χ0n) is 22.5. The van der Waals surface area contributed by atoms with E-state index in [0.29, 0.717) is 0 Å². The molecule has 0 saturated heterocycles. The molecule has 0 spiro atoms. The van der Waals surface area contributed by atoms with E-state index in [9.17, 15) is 0 Å². The van der Waals surface area contributed by atoms with Crippen LogP contribution in [0.5, 0.6) is 0 Å². The standard InChI is InChI=1S/C17H15.C9H7.C6H5.C2H7Si.2ClH.Zr/c1-12-6-8-14(9-7-12)16-5-3-4-15-10-13(2)11-17(15)16;1-2-5-9-7-3-6-8(9)4-1;1-2-4-6-5-3-1;1-3-2;;;/h3-11H,1-2H3;1-7H;1-5H;3H,1-2H3;2*1H;/q;;;;;;+2/p-2. The number of rotatable bonds is 5. The van der Waals surface area contributed by atoms with Crippen LogP contribution in [-0.4, -0.2) is 5.92 Å². The van der Waals surface area contributed by atoms with E-state index in [4.69, 9.17) is 17.0 Å². The van der Waals surface area contributed by atoms with E-state index in [2.05, 4.69) is 142 Å². The van der Waals surface area contributed by atoms with Crippen LogP contribution < -0.4 is 3.27 Å². The number of aryl methyl sites for hydroxylation is 1. The van der Waals surface area contributed by atoms with Gasteiger partial charge in [-0.25, -0.2) is 0 Å².